The highest BCUT2D eigenvalue weighted by atomic mass is 32.1. The molecule has 0 amide bonds. The van der Waals surface area contributed by atoms with Gasteiger partial charge >= 0.3 is 0 Å². The van der Waals surface area contributed by atoms with Crippen LogP contribution < -0.4 is 0 Å². The summed E-state index contributed by atoms with van der Waals surface area (Å²) in [4.78, 5) is 12.5. The number of rotatable bonds is 4. The van der Waals surface area contributed by atoms with Gasteiger partial charge in [-0.3, -0.25) is 9.58 Å². The third-order valence-electron chi connectivity index (χ3n) is 4.01. The van der Waals surface area contributed by atoms with Crippen LogP contribution in [-0.2, 0) is 26.2 Å². The average molecular weight is 314 g/mol. The second-order valence-corrected chi connectivity index (χ2v) is 6.76. The van der Waals surface area contributed by atoms with Crippen molar-refractivity contribution in [1.82, 2.24) is 29.2 Å². The molecule has 3 aromatic heterocycles. The van der Waals surface area contributed by atoms with Crippen molar-refractivity contribution in [1.29, 1.82) is 0 Å². The van der Waals surface area contributed by atoms with Crippen LogP contribution in [0, 0.1) is 5.92 Å². The molecule has 0 saturated carbocycles. The molecule has 0 spiro atoms. The fourth-order valence-corrected chi connectivity index (χ4v) is 3.82. The van der Waals surface area contributed by atoms with Crippen LogP contribution in [0.3, 0.4) is 0 Å². The van der Waals surface area contributed by atoms with Crippen LogP contribution in [0.2, 0.25) is 0 Å². The Morgan fingerprint density at radius 3 is 3.14 bits per heavy atom. The lowest BCUT2D eigenvalue weighted by atomic mass is 10.1. The van der Waals surface area contributed by atoms with Crippen LogP contribution in [0.5, 0.6) is 0 Å². The molecule has 4 rings (SSSR count). The molecule has 0 unspecified atom stereocenters. The molecule has 4 heterocycles. The molecule has 0 N–H and O–H groups in total. The van der Waals surface area contributed by atoms with Gasteiger partial charge in [-0.2, -0.15) is 5.10 Å². The van der Waals surface area contributed by atoms with Crippen LogP contribution in [0.4, 0.5) is 0 Å². The van der Waals surface area contributed by atoms with Gasteiger partial charge in [-0.25, -0.2) is 9.97 Å². The Labute approximate surface area is 133 Å². The quantitative estimate of drug-likeness (QED) is 0.738. The molecule has 0 saturated heterocycles. The minimum absolute atomic E-state index is 0.497. The molecule has 7 heteroatoms. The van der Waals surface area contributed by atoms with E-state index in [2.05, 4.69) is 48.2 Å². The minimum Gasteiger partial charge on any atom is -0.333 e. The molecular weight excluding hydrogens is 296 g/mol. The number of aromatic nitrogens is 5. The van der Waals surface area contributed by atoms with Gasteiger partial charge in [-0.1, -0.05) is 6.07 Å². The van der Waals surface area contributed by atoms with Crippen LogP contribution in [0.15, 0.2) is 42.6 Å². The molecule has 0 bridgehead atoms. The van der Waals surface area contributed by atoms with Crippen molar-refractivity contribution >= 4 is 11.3 Å². The predicted octanol–water partition coefficient (Wildman–Crippen LogP) is 1.87. The normalized spacial score (nSPS) is 19.0. The molecule has 114 valence electrons. The molecule has 0 aliphatic carbocycles. The van der Waals surface area contributed by atoms with Crippen LogP contribution in [0.1, 0.15) is 10.7 Å². The largest absolute Gasteiger partial charge is 0.333 e. The van der Waals surface area contributed by atoms with Gasteiger partial charge in [0.05, 0.1) is 6.54 Å². The molecule has 0 radical (unpaired) electrons. The first kappa shape index (κ1) is 13.7. The van der Waals surface area contributed by atoms with Crippen molar-refractivity contribution in [2.75, 3.05) is 6.54 Å². The number of hydrogen-bond acceptors (Lipinski definition) is 5. The maximum Gasteiger partial charge on any atom is 0.137 e. The topological polar surface area (TPSA) is 51.8 Å². The summed E-state index contributed by atoms with van der Waals surface area (Å²) in [6.45, 7) is 4.80. The fraction of sp³-hybridized carbons (Fsp3) is 0.400. The number of nitrogens with zero attached hydrogens (tertiary/aromatic N) is 6. The van der Waals surface area contributed by atoms with E-state index in [0.29, 0.717) is 5.92 Å². The summed E-state index contributed by atoms with van der Waals surface area (Å²) >= 11 is 1.82. The van der Waals surface area contributed by atoms with Gasteiger partial charge in [-0.05, 0) is 11.4 Å². The summed E-state index contributed by atoms with van der Waals surface area (Å²) in [5, 5.41) is 6.39. The maximum atomic E-state index is 4.52. The van der Waals surface area contributed by atoms with E-state index in [9.17, 15) is 0 Å². The van der Waals surface area contributed by atoms with Crippen LogP contribution in [-0.4, -0.2) is 35.8 Å². The third-order valence-corrected chi connectivity index (χ3v) is 4.87. The fourth-order valence-electron chi connectivity index (χ4n) is 3.07. The SMILES string of the molecule is c1csc(CN2Cc3nccn3C[C@@H](Cn3cncn3)C2)c1. The van der Waals surface area contributed by atoms with Gasteiger partial charge in [0.2, 0.25) is 0 Å². The predicted molar refractivity (Wildman–Crippen MR) is 84.2 cm³/mol. The molecule has 1 atom stereocenters. The summed E-state index contributed by atoms with van der Waals surface area (Å²) in [6.07, 6.45) is 7.38. The van der Waals surface area contributed by atoms with Gasteiger partial charge in [0.15, 0.2) is 0 Å². The zero-order chi connectivity index (χ0) is 14.8. The van der Waals surface area contributed by atoms with E-state index in [1.165, 1.54) is 4.88 Å². The Morgan fingerprint density at radius 2 is 2.32 bits per heavy atom. The molecule has 0 fully saturated rings. The van der Waals surface area contributed by atoms with E-state index in [-0.39, 0.29) is 0 Å². The van der Waals surface area contributed by atoms with Gasteiger partial charge in [0, 0.05) is 49.4 Å². The van der Waals surface area contributed by atoms with E-state index < -0.39 is 0 Å². The first-order chi connectivity index (χ1) is 10.9. The van der Waals surface area contributed by atoms with Crippen LogP contribution >= 0.6 is 11.3 Å². The van der Waals surface area contributed by atoms with Crippen molar-refractivity contribution in [3.8, 4) is 0 Å². The first-order valence-electron chi connectivity index (χ1n) is 7.44. The average Bonchev–Trinajstić information content (AvgIpc) is 3.22. The summed E-state index contributed by atoms with van der Waals surface area (Å²) < 4.78 is 4.20. The maximum absolute atomic E-state index is 4.52. The minimum atomic E-state index is 0.497. The Kier molecular flexibility index (Phi) is 3.74. The number of fused-ring (bicyclic) bond motifs is 1. The zero-order valence-corrected chi connectivity index (χ0v) is 13.1. The number of thiophene rings is 1. The van der Waals surface area contributed by atoms with Gasteiger partial charge in [-0.15, -0.1) is 11.3 Å². The lowest BCUT2D eigenvalue weighted by Crippen LogP contribution is -2.29. The second kappa shape index (κ2) is 6.02. The first-order valence-corrected chi connectivity index (χ1v) is 8.32. The summed E-state index contributed by atoms with van der Waals surface area (Å²) in [5.41, 5.74) is 0. The van der Waals surface area contributed by atoms with E-state index in [4.69, 9.17) is 0 Å². The molecule has 1 aliphatic rings. The Balaban J connectivity index is 1.54. The summed E-state index contributed by atoms with van der Waals surface area (Å²) in [5.74, 6) is 1.65. The monoisotopic (exact) mass is 314 g/mol. The molecule has 6 nitrogen and oxygen atoms in total. The van der Waals surface area contributed by atoms with Crippen molar-refractivity contribution in [2.45, 2.75) is 26.2 Å². The Hall–Kier alpha value is -1.99. The van der Waals surface area contributed by atoms with Gasteiger partial charge in [0.25, 0.3) is 0 Å². The van der Waals surface area contributed by atoms with Crippen LogP contribution in [0.25, 0.3) is 0 Å². The smallest absolute Gasteiger partial charge is 0.137 e. The Bertz CT molecular complexity index is 644. The number of hydrogen-bond donors (Lipinski definition) is 0. The van der Waals surface area contributed by atoms with E-state index in [1.54, 1.807) is 12.7 Å². The van der Waals surface area contributed by atoms with Crippen molar-refractivity contribution < 1.29 is 0 Å². The van der Waals surface area contributed by atoms with Crippen molar-refractivity contribution in [3.05, 3.63) is 53.3 Å². The zero-order valence-electron chi connectivity index (χ0n) is 12.2. The molecule has 3 aromatic rings. The lowest BCUT2D eigenvalue weighted by molar-refractivity contribution is 0.207. The highest BCUT2D eigenvalue weighted by molar-refractivity contribution is 7.09. The third kappa shape index (κ3) is 2.95. The highest BCUT2D eigenvalue weighted by Gasteiger charge is 2.23. The second-order valence-electron chi connectivity index (χ2n) is 5.73. The van der Waals surface area contributed by atoms with Crippen molar-refractivity contribution in [3.63, 3.8) is 0 Å². The van der Waals surface area contributed by atoms with E-state index in [1.807, 2.05) is 22.2 Å². The summed E-state index contributed by atoms with van der Waals surface area (Å²) in [6, 6.07) is 4.32. The molecule has 0 aromatic carbocycles. The molecule has 22 heavy (non-hydrogen) atoms. The summed E-state index contributed by atoms with van der Waals surface area (Å²) in [7, 11) is 0. The van der Waals surface area contributed by atoms with E-state index in [0.717, 1.165) is 38.5 Å². The van der Waals surface area contributed by atoms with Gasteiger partial charge in [0.1, 0.15) is 18.5 Å². The number of imidazole rings is 1. The van der Waals surface area contributed by atoms with E-state index >= 15 is 0 Å². The Morgan fingerprint density at radius 1 is 1.32 bits per heavy atom. The lowest BCUT2D eigenvalue weighted by Gasteiger charge is -2.23. The highest BCUT2D eigenvalue weighted by Crippen LogP contribution is 2.20. The standard InChI is InChI=1S/C15H18N6S/c1-2-14(22-5-1)9-19-6-13(8-21-12-16-11-18-21)7-20-4-3-17-15(20)10-19/h1-5,11-13H,6-10H2/t13-/m0/s1. The molecule has 1 aliphatic heterocycles. The molecular formula is C15H18N6S. The van der Waals surface area contributed by atoms with Gasteiger partial charge < -0.3 is 4.57 Å². The van der Waals surface area contributed by atoms with Crippen molar-refractivity contribution in [2.24, 2.45) is 5.92 Å².